The molecule has 1 aliphatic heterocycles. The topological polar surface area (TPSA) is 38.7 Å². The molecule has 1 heterocycles. The van der Waals surface area contributed by atoms with E-state index in [1.807, 2.05) is 36.4 Å². The molecule has 0 saturated heterocycles. The Hall–Kier alpha value is -1.36. The van der Waals surface area contributed by atoms with Crippen LogP contribution in [-0.4, -0.2) is 12.2 Å². The van der Waals surface area contributed by atoms with E-state index >= 15 is 0 Å². The normalized spacial score (nSPS) is 14.9. The minimum atomic E-state index is -0.666. The third-order valence-corrected chi connectivity index (χ3v) is 4.25. The molecule has 1 atom stereocenters. The molecule has 3 rings (SSSR count). The summed E-state index contributed by atoms with van der Waals surface area (Å²) in [5.41, 5.74) is 4.06. The molecule has 0 bridgehead atoms. The highest BCUT2D eigenvalue weighted by atomic mass is 79.9. The number of methoxy groups -OCH3 is 1. The van der Waals surface area contributed by atoms with Crippen molar-refractivity contribution in [2.24, 2.45) is 0 Å². The molecule has 0 saturated carbocycles. The summed E-state index contributed by atoms with van der Waals surface area (Å²) in [5, 5.41) is 10.6. The Morgan fingerprint density at radius 3 is 2.70 bits per heavy atom. The molecule has 3 nitrogen and oxygen atoms in total. The van der Waals surface area contributed by atoms with Gasteiger partial charge >= 0.3 is 0 Å². The minimum absolute atomic E-state index is 0.625. The number of halogens is 1. The van der Waals surface area contributed by atoms with E-state index in [9.17, 15) is 5.11 Å². The van der Waals surface area contributed by atoms with E-state index in [0.29, 0.717) is 13.2 Å². The zero-order valence-corrected chi connectivity index (χ0v) is 12.7. The van der Waals surface area contributed by atoms with Gasteiger partial charge in [-0.15, -0.1) is 0 Å². The lowest BCUT2D eigenvalue weighted by atomic mass is 9.98. The first-order valence-electron chi connectivity index (χ1n) is 6.40. The summed E-state index contributed by atoms with van der Waals surface area (Å²) in [6.45, 7) is 1.29. The zero-order chi connectivity index (χ0) is 14.1. The van der Waals surface area contributed by atoms with Gasteiger partial charge in [-0.25, -0.2) is 0 Å². The van der Waals surface area contributed by atoms with Crippen LogP contribution >= 0.6 is 15.9 Å². The predicted molar refractivity (Wildman–Crippen MR) is 79.7 cm³/mol. The van der Waals surface area contributed by atoms with Crippen LogP contribution in [-0.2, 0) is 18.0 Å². The lowest BCUT2D eigenvalue weighted by molar-refractivity contribution is 0.134. The average Bonchev–Trinajstić information content (AvgIpc) is 2.93. The summed E-state index contributed by atoms with van der Waals surface area (Å²) >= 11 is 3.48. The largest absolute Gasteiger partial charge is 0.497 e. The second-order valence-corrected chi connectivity index (χ2v) is 5.67. The number of ether oxygens (including phenoxy) is 2. The van der Waals surface area contributed by atoms with Crippen molar-refractivity contribution in [1.29, 1.82) is 0 Å². The van der Waals surface area contributed by atoms with Crippen LogP contribution in [0.15, 0.2) is 40.9 Å². The number of aliphatic hydroxyl groups is 1. The SMILES string of the molecule is COc1ccc(C(O)c2ccc3c(c2)COC3)c(Br)c1. The van der Waals surface area contributed by atoms with E-state index < -0.39 is 6.10 Å². The van der Waals surface area contributed by atoms with Gasteiger partial charge in [-0.1, -0.05) is 40.2 Å². The lowest BCUT2D eigenvalue weighted by Gasteiger charge is -2.15. The number of aliphatic hydroxyl groups excluding tert-OH is 1. The molecule has 0 amide bonds. The van der Waals surface area contributed by atoms with Crippen LogP contribution in [0.2, 0.25) is 0 Å². The van der Waals surface area contributed by atoms with Gasteiger partial charge in [0.25, 0.3) is 0 Å². The first-order valence-corrected chi connectivity index (χ1v) is 7.19. The van der Waals surface area contributed by atoms with Crippen LogP contribution < -0.4 is 4.74 Å². The van der Waals surface area contributed by atoms with Crippen molar-refractivity contribution in [3.05, 3.63) is 63.1 Å². The summed E-state index contributed by atoms with van der Waals surface area (Å²) in [5.74, 6) is 0.759. The molecule has 1 N–H and O–H groups in total. The summed E-state index contributed by atoms with van der Waals surface area (Å²) in [4.78, 5) is 0. The van der Waals surface area contributed by atoms with Crippen LogP contribution in [0, 0.1) is 0 Å². The molecule has 20 heavy (non-hydrogen) atoms. The standard InChI is InChI=1S/C16H15BrO3/c1-19-13-4-5-14(15(17)7-13)16(18)10-2-3-11-8-20-9-12(11)6-10/h2-7,16,18H,8-9H2,1H3. The van der Waals surface area contributed by atoms with Crippen molar-refractivity contribution in [3.63, 3.8) is 0 Å². The molecule has 1 aliphatic rings. The van der Waals surface area contributed by atoms with E-state index in [-0.39, 0.29) is 0 Å². The van der Waals surface area contributed by atoms with Crippen molar-refractivity contribution in [3.8, 4) is 5.75 Å². The van der Waals surface area contributed by atoms with Gasteiger partial charge in [0.1, 0.15) is 11.9 Å². The van der Waals surface area contributed by atoms with E-state index in [0.717, 1.165) is 26.9 Å². The van der Waals surface area contributed by atoms with Gasteiger partial charge in [0.2, 0.25) is 0 Å². The van der Waals surface area contributed by atoms with E-state index in [4.69, 9.17) is 9.47 Å². The van der Waals surface area contributed by atoms with Crippen molar-refractivity contribution in [1.82, 2.24) is 0 Å². The summed E-state index contributed by atoms with van der Waals surface area (Å²) in [6, 6.07) is 11.6. The van der Waals surface area contributed by atoms with Crippen molar-refractivity contribution < 1.29 is 14.6 Å². The van der Waals surface area contributed by atoms with Gasteiger partial charge in [0, 0.05) is 4.47 Å². The van der Waals surface area contributed by atoms with Gasteiger partial charge in [0.05, 0.1) is 20.3 Å². The fourth-order valence-corrected chi connectivity index (χ4v) is 2.97. The molecule has 1 unspecified atom stereocenters. The summed E-state index contributed by atoms with van der Waals surface area (Å²) in [6.07, 6.45) is -0.666. The molecule has 0 spiro atoms. The van der Waals surface area contributed by atoms with Crippen molar-refractivity contribution >= 4 is 15.9 Å². The monoisotopic (exact) mass is 334 g/mol. The summed E-state index contributed by atoms with van der Waals surface area (Å²) in [7, 11) is 1.62. The number of rotatable bonds is 3. The molecule has 0 fully saturated rings. The quantitative estimate of drug-likeness (QED) is 0.932. The van der Waals surface area contributed by atoms with Gasteiger partial charge < -0.3 is 14.6 Å². The maximum absolute atomic E-state index is 10.6. The van der Waals surface area contributed by atoms with Crippen LogP contribution in [0.3, 0.4) is 0 Å². The Bertz CT molecular complexity index is 640. The maximum Gasteiger partial charge on any atom is 0.120 e. The van der Waals surface area contributed by atoms with Gasteiger partial charge in [-0.3, -0.25) is 0 Å². The maximum atomic E-state index is 10.6. The molecule has 2 aromatic carbocycles. The van der Waals surface area contributed by atoms with Crippen LogP contribution in [0.5, 0.6) is 5.75 Å². The summed E-state index contributed by atoms with van der Waals surface area (Å²) < 4.78 is 11.4. The molecule has 0 aliphatic carbocycles. The Kier molecular flexibility index (Phi) is 3.78. The smallest absolute Gasteiger partial charge is 0.120 e. The first kappa shape index (κ1) is 13.6. The number of benzene rings is 2. The fourth-order valence-electron chi connectivity index (χ4n) is 2.40. The molecular formula is C16H15BrO3. The Balaban J connectivity index is 1.94. The Labute approximate surface area is 126 Å². The first-order chi connectivity index (χ1) is 9.69. The molecule has 104 valence electrons. The number of hydrogen-bond donors (Lipinski definition) is 1. The molecule has 0 aromatic heterocycles. The number of hydrogen-bond acceptors (Lipinski definition) is 3. The van der Waals surface area contributed by atoms with Gasteiger partial charge in [0.15, 0.2) is 0 Å². The Morgan fingerprint density at radius 2 is 1.95 bits per heavy atom. The van der Waals surface area contributed by atoms with Gasteiger partial charge in [-0.05, 0) is 34.4 Å². The Morgan fingerprint density at radius 1 is 1.15 bits per heavy atom. The minimum Gasteiger partial charge on any atom is -0.497 e. The van der Waals surface area contributed by atoms with Gasteiger partial charge in [-0.2, -0.15) is 0 Å². The van der Waals surface area contributed by atoms with Crippen molar-refractivity contribution in [2.45, 2.75) is 19.3 Å². The van der Waals surface area contributed by atoms with E-state index in [2.05, 4.69) is 15.9 Å². The van der Waals surface area contributed by atoms with E-state index in [1.165, 1.54) is 5.56 Å². The second kappa shape index (κ2) is 5.56. The van der Waals surface area contributed by atoms with Crippen molar-refractivity contribution in [2.75, 3.05) is 7.11 Å². The second-order valence-electron chi connectivity index (χ2n) is 4.81. The zero-order valence-electron chi connectivity index (χ0n) is 11.1. The lowest BCUT2D eigenvalue weighted by Crippen LogP contribution is -2.02. The highest BCUT2D eigenvalue weighted by Crippen LogP contribution is 2.33. The number of fused-ring (bicyclic) bond motifs is 1. The third-order valence-electron chi connectivity index (χ3n) is 3.56. The van der Waals surface area contributed by atoms with Crippen LogP contribution in [0.1, 0.15) is 28.4 Å². The molecule has 0 radical (unpaired) electrons. The average molecular weight is 335 g/mol. The molecule has 2 aromatic rings. The molecule has 4 heteroatoms. The highest BCUT2D eigenvalue weighted by molar-refractivity contribution is 9.10. The third kappa shape index (κ3) is 2.46. The van der Waals surface area contributed by atoms with Crippen LogP contribution in [0.4, 0.5) is 0 Å². The van der Waals surface area contributed by atoms with E-state index in [1.54, 1.807) is 7.11 Å². The van der Waals surface area contributed by atoms with Crippen LogP contribution in [0.25, 0.3) is 0 Å². The predicted octanol–water partition coefficient (Wildman–Crippen LogP) is 3.57. The fraction of sp³-hybridized carbons (Fsp3) is 0.250. The molecular weight excluding hydrogens is 320 g/mol. The highest BCUT2D eigenvalue weighted by Gasteiger charge is 2.18.